The summed E-state index contributed by atoms with van der Waals surface area (Å²) in [6.45, 7) is 0. The zero-order valence-corrected chi connectivity index (χ0v) is 6.23. The fourth-order valence-corrected chi connectivity index (χ4v) is 1.09. The number of hydrogen-bond donors (Lipinski definition) is 2. The minimum Gasteiger partial charge on any atom is -0.409 e. The minimum absolute atomic E-state index is 0.0761. The van der Waals surface area contributed by atoms with Crippen LogP contribution in [0.15, 0.2) is 5.16 Å². The summed E-state index contributed by atoms with van der Waals surface area (Å²) in [6, 6.07) is 0. The number of nitrogens with zero attached hydrogens (tertiary/aromatic N) is 1. The van der Waals surface area contributed by atoms with Crippen molar-refractivity contribution in [3.05, 3.63) is 0 Å². The molecule has 0 amide bonds. The predicted molar refractivity (Wildman–Crippen MR) is 35.7 cm³/mol. The molecule has 1 rings (SSSR count). The van der Waals surface area contributed by atoms with Crippen molar-refractivity contribution in [2.75, 3.05) is 0 Å². The van der Waals surface area contributed by atoms with Crippen LogP contribution < -0.4 is 5.73 Å². The van der Waals surface area contributed by atoms with Crippen LogP contribution in [0.5, 0.6) is 0 Å². The molecule has 0 saturated heterocycles. The van der Waals surface area contributed by atoms with Gasteiger partial charge in [0.2, 0.25) is 0 Å². The summed E-state index contributed by atoms with van der Waals surface area (Å²) in [6.07, 6.45) is -4.48. The lowest BCUT2D eigenvalue weighted by Gasteiger charge is -2.17. The number of alkyl halides is 3. The van der Waals surface area contributed by atoms with E-state index < -0.39 is 18.0 Å². The van der Waals surface area contributed by atoms with Gasteiger partial charge >= 0.3 is 6.18 Å². The van der Waals surface area contributed by atoms with Gasteiger partial charge in [-0.15, -0.1) is 0 Å². The SMILES string of the molecule is NC(CC1(C(F)(F)F)CC1)=NO. The van der Waals surface area contributed by atoms with Crippen molar-refractivity contribution in [3.8, 4) is 0 Å². The number of rotatable bonds is 2. The number of amidine groups is 1. The Morgan fingerprint density at radius 2 is 2.00 bits per heavy atom. The van der Waals surface area contributed by atoms with Gasteiger partial charge in [0, 0.05) is 6.42 Å². The second kappa shape index (κ2) is 2.53. The van der Waals surface area contributed by atoms with Crippen LogP contribution in [0, 0.1) is 5.41 Å². The maximum atomic E-state index is 12.2. The minimum atomic E-state index is -4.23. The lowest BCUT2D eigenvalue weighted by molar-refractivity contribution is -0.184. The Balaban J connectivity index is 2.63. The van der Waals surface area contributed by atoms with E-state index in [1.165, 1.54) is 0 Å². The second-order valence-corrected chi connectivity index (χ2v) is 3.05. The molecule has 3 N–H and O–H groups in total. The van der Waals surface area contributed by atoms with E-state index in [1.54, 1.807) is 0 Å². The Hall–Kier alpha value is -0.940. The van der Waals surface area contributed by atoms with Crippen LogP contribution in [0.4, 0.5) is 13.2 Å². The van der Waals surface area contributed by atoms with Gasteiger partial charge in [0.05, 0.1) is 5.41 Å². The summed E-state index contributed by atoms with van der Waals surface area (Å²) in [5.41, 5.74) is 3.29. The number of hydrogen-bond acceptors (Lipinski definition) is 2. The fraction of sp³-hybridized carbons (Fsp3) is 0.833. The molecule has 1 aliphatic carbocycles. The molecule has 1 fully saturated rings. The molecule has 1 aliphatic rings. The van der Waals surface area contributed by atoms with Crippen molar-refractivity contribution in [1.82, 2.24) is 0 Å². The van der Waals surface area contributed by atoms with Gasteiger partial charge in [-0.2, -0.15) is 13.2 Å². The Labute approximate surface area is 67.0 Å². The third-order valence-electron chi connectivity index (χ3n) is 2.10. The first-order valence-corrected chi connectivity index (χ1v) is 3.44. The van der Waals surface area contributed by atoms with Crippen molar-refractivity contribution in [1.29, 1.82) is 0 Å². The highest BCUT2D eigenvalue weighted by Gasteiger charge is 2.63. The van der Waals surface area contributed by atoms with Crippen LogP contribution >= 0.6 is 0 Å². The maximum Gasteiger partial charge on any atom is 0.394 e. The molecule has 70 valence electrons. The Morgan fingerprint density at radius 3 is 2.25 bits per heavy atom. The standard InChI is InChI=1S/C6H9F3N2O/c7-6(8,9)5(1-2-5)3-4(10)11-12/h12H,1-3H2,(H2,10,11). The molecule has 1 saturated carbocycles. The van der Waals surface area contributed by atoms with E-state index in [0.29, 0.717) is 0 Å². The molecule has 12 heavy (non-hydrogen) atoms. The van der Waals surface area contributed by atoms with Gasteiger partial charge in [0.1, 0.15) is 5.84 Å². The van der Waals surface area contributed by atoms with Gasteiger partial charge in [-0.05, 0) is 12.8 Å². The van der Waals surface area contributed by atoms with Gasteiger partial charge in [-0.1, -0.05) is 5.16 Å². The van der Waals surface area contributed by atoms with E-state index in [1.807, 2.05) is 0 Å². The summed E-state index contributed by atoms with van der Waals surface area (Å²) in [4.78, 5) is 0. The van der Waals surface area contributed by atoms with Gasteiger partial charge in [0.15, 0.2) is 0 Å². The molecular formula is C6H9F3N2O. The van der Waals surface area contributed by atoms with Crippen LogP contribution in [0.25, 0.3) is 0 Å². The van der Waals surface area contributed by atoms with Gasteiger partial charge in [0.25, 0.3) is 0 Å². The lowest BCUT2D eigenvalue weighted by Crippen LogP contribution is -2.30. The van der Waals surface area contributed by atoms with Crippen LogP contribution in [0.1, 0.15) is 19.3 Å². The number of oxime groups is 1. The Kier molecular flexibility index (Phi) is 1.93. The Morgan fingerprint density at radius 1 is 1.50 bits per heavy atom. The third kappa shape index (κ3) is 1.46. The van der Waals surface area contributed by atoms with E-state index in [4.69, 9.17) is 10.9 Å². The first-order valence-electron chi connectivity index (χ1n) is 3.44. The fourth-order valence-electron chi connectivity index (χ4n) is 1.09. The topological polar surface area (TPSA) is 58.6 Å². The zero-order chi connectivity index (χ0) is 9.41. The maximum absolute atomic E-state index is 12.2. The summed E-state index contributed by atoms with van der Waals surface area (Å²) < 4.78 is 36.6. The average Bonchev–Trinajstić information content (AvgIpc) is 2.67. The summed E-state index contributed by atoms with van der Waals surface area (Å²) >= 11 is 0. The predicted octanol–water partition coefficient (Wildman–Crippen LogP) is 1.47. The molecule has 0 spiro atoms. The van der Waals surface area contributed by atoms with Gasteiger partial charge in [-0.25, -0.2) is 0 Å². The zero-order valence-electron chi connectivity index (χ0n) is 6.23. The van der Waals surface area contributed by atoms with Crippen LogP contribution in [0.3, 0.4) is 0 Å². The van der Waals surface area contributed by atoms with Crippen molar-refractivity contribution in [2.45, 2.75) is 25.4 Å². The van der Waals surface area contributed by atoms with E-state index >= 15 is 0 Å². The summed E-state index contributed by atoms with van der Waals surface area (Å²) in [7, 11) is 0. The number of nitrogens with two attached hydrogens (primary N) is 1. The highest BCUT2D eigenvalue weighted by Crippen LogP contribution is 2.59. The van der Waals surface area contributed by atoms with Gasteiger partial charge < -0.3 is 10.9 Å². The largest absolute Gasteiger partial charge is 0.409 e. The number of halogens is 3. The van der Waals surface area contributed by atoms with Crippen LogP contribution in [0.2, 0.25) is 0 Å². The summed E-state index contributed by atoms with van der Waals surface area (Å²) in [5, 5.41) is 10.6. The monoisotopic (exact) mass is 182 g/mol. The lowest BCUT2D eigenvalue weighted by atomic mass is 10.0. The molecule has 0 bridgehead atoms. The normalized spacial score (nSPS) is 22.4. The molecule has 6 heteroatoms. The van der Waals surface area contributed by atoms with E-state index in [0.717, 1.165) is 0 Å². The van der Waals surface area contributed by atoms with Gasteiger partial charge in [-0.3, -0.25) is 0 Å². The Bertz CT molecular complexity index is 207. The second-order valence-electron chi connectivity index (χ2n) is 3.05. The third-order valence-corrected chi connectivity index (χ3v) is 2.10. The highest BCUT2D eigenvalue weighted by atomic mass is 19.4. The molecule has 0 atom stereocenters. The molecule has 0 radical (unpaired) electrons. The van der Waals surface area contributed by atoms with E-state index in [9.17, 15) is 13.2 Å². The average molecular weight is 182 g/mol. The molecule has 0 aromatic carbocycles. The van der Waals surface area contributed by atoms with Crippen molar-refractivity contribution < 1.29 is 18.4 Å². The smallest absolute Gasteiger partial charge is 0.394 e. The van der Waals surface area contributed by atoms with E-state index in [2.05, 4.69) is 5.16 Å². The van der Waals surface area contributed by atoms with Crippen LogP contribution in [-0.4, -0.2) is 17.2 Å². The molecule has 0 heterocycles. The van der Waals surface area contributed by atoms with Crippen LogP contribution in [-0.2, 0) is 0 Å². The van der Waals surface area contributed by atoms with Crippen molar-refractivity contribution in [3.63, 3.8) is 0 Å². The molecule has 0 aromatic rings. The molecule has 3 nitrogen and oxygen atoms in total. The van der Waals surface area contributed by atoms with Crippen molar-refractivity contribution >= 4 is 5.84 Å². The quantitative estimate of drug-likeness (QED) is 0.294. The first kappa shape index (κ1) is 9.15. The molecule has 0 aliphatic heterocycles. The van der Waals surface area contributed by atoms with E-state index in [-0.39, 0.29) is 18.7 Å². The first-order chi connectivity index (χ1) is 5.41. The summed E-state index contributed by atoms with van der Waals surface area (Å²) in [5.74, 6) is -0.357. The molecule has 0 aromatic heterocycles. The molecule has 0 unspecified atom stereocenters. The molecular weight excluding hydrogens is 173 g/mol. The highest BCUT2D eigenvalue weighted by molar-refractivity contribution is 5.80. The van der Waals surface area contributed by atoms with Crippen molar-refractivity contribution in [2.24, 2.45) is 16.3 Å².